The number of hydrogen-bond acceptors (Lipinski definition) is 3. The number of hydrogen-bond donors (Lipinski definition) is 0. The highest BCUT2D eigenvalue weighted by atomic mass is 16.2. The summed E-state index contributed by atoms with van der Waals surface area (Å²) in [6, 6.07) is 7.86. The molecule has 1 amide bonds. The molecule has 16 heavy (non-hydrogen) atoms. The summed E-state index contributed by atoms with van der Waals surface area (Å²) in [5, 5.41) is 0. The Bertz CT molecular complexity index is 441. The van der Waals surface area contributed by atoms with E-state index in [1.54, 1.807) is 24.3 Å². The average Bonchev–Trinajstić information content (AvgIpc) is 2.51. The lowest BCUT2D eigenvalue weighted by molar-refractivity contribution is -0.130. The van der Waals surface area contributed by atoms with Gasteiger partial charge in [-0.25, -0.2) is 0 Å². The van der Waals surface area contributed by atoms with Gasteiger partial charge in [-0.2, -0.15) is 0 Å². The molecule has 1 aliphatic heterocycles. The van der Waals surface area contributed by atoms with Crippen LogP contribution in [0.4, 0.5) is 0 Å². The summed E-state index contributed by atoms with van der Waals surface area (Å²) in [4.78, 5) is 35.6. The molecule has 2 atom stereocenters. The number of nitrogens with zero attached hydrogens (tertiary/aromatic N) is 1. The molecule has 1 aromatic carbocycles. The highest BCUT2D eigenvalue weighted by Gasteiger charge is 2.45. The topological polar surface area (TPSA) is 54.5 Å². The zero-order valence-corrected chi connectivity index (χ0v) is 8.79. The molecule has 1 heterocycles. The van der Waals surface area contributed by atoms with Gasteiger partial charge in [-0.3, -0.25) is 9.59 Å². The Morgan fingerprint density at radius 3 is 2.31 bits per heavy atom. The molecule has 1 fully saturated rings. The number of aldehydes is 1. The van der Waals surface area contributed by atoms with Crippen LogP contribution in [-0.2, 0) is 14.4 Å². The minimum Gasteiger partial charge on any atom is -0.328 e. The standard InChI is InChI=1S/C12H11NO3/c1-13-9(7-14)11(15)10(12(13)16)8-5-3-2-4-6-8/h2-7,9-10H,1H3. The Labute approximate surface area is 92.9 Å². The lowest BCUT2D eigenvalue weighted by Crippen LogP contribution is -2.32. The molecule has 1 aliphatic rings. The summed E-state index contributed by atoms with van der Waals surface area (Å²) in [5.41, 5.74) is 0.647. The van der Waals surface area contributed by atoms with E-state index in [0.717, 1.165) is 0 Å². The smallest absolute Gasteiger partial charge is 0.238 e. The molecule has 1 saturated heterocycles. The van der Waals surface area contributed by atoms with Crippen molar-refractivity contribution in [3.05, 3.63) is 35.9 Å². The maximum Gasteiger partial charge on any atom is 0.238 e. The minimum atomic E-state index is -0.933. The number of carbonyl (C=O) groups is 3. The van der Waals surface area contributed by atoms with Crippen LogP contribution >= 0.6 is 0 Å². The van der Waals surface area contributed by atoms with E-state index in [4.69, 9.17) is 0 Å². The normalized spacial score (nSPS) is 24.9. The summed E-state index contributed by atoms with van der Waals surface area (Å²) >= 11 is 0. The van der Waals surface area contributed by atoms with Crippen LogP contribution in [-0.4, -0.2) is 36.0 Å². The number of benzene rings is 1. The van der Waals surface area contributed by atoms with E-state index >= 15 is 0 Å². The molecular weight excluding hydrogens is 206 g/mol. The second-order valence-corrected chi connectivity index (χ2v) is 3.78. The zero-order chi connectivity index (χ0) is 11.7. The van der Waals surface area contributed by atoms with Crippen LogP contribution in [0.2, 0.25) is 0 Å². The minimum absolute atomic E-state index is 0.312. The Kier molecular flexibility index (Phi) is 2.56. The molecule has 0 aromatic heterocycles. The number of rotatable bonds is 2. The summed E-state index contributed by atoms with van der Waals surface area (Å²) in [7, 11) is 1.47. The number of amides is 1. The van der Waals surface area contributed by atoms with E-state index < -0.39 is 12.0 Å². The first-order valence-corrected chi connectivity index (χ1v) is 4.97. The van der Waals surface area contributed by atoms with Gasteiger partial charge in [0.05, 0.1) is 0 Å². The molecule has 2 rings (SSSR count). The van der Waals surface area contributed by atoms with Crippen molar-refractivity contribution in [3.8, 4) is 0 Å². The van der Waals surface area contributed by atoms with Crippen molar-refractivity contribution < 1.29 is 14.4 Å². The van der Waals surface area contributed by atoms with Crippen LogP contribution in [0.1, 0.15) is 11.5 Å². The second kappa shape index (κ2) is 3.89. The van der Waals surface area contributed by atoms with Gasteiger partial charge in [0.1, 0.15) is 18.2 Å². The lowest BCUT2D eigenvalue weighted by atomic mass is 9.95. The third-order valence-electron chi connectivity index (χ3n) is 2.85. The molecule has 0 radical (unpaired) electrons. The number of likely N-dealkylation sites (N-methyl/N-ethyl adjacent to an activating group) is 1. The third kappa shape index (κ3) is 1.43. The first kappa shape index (κ1) is 10.5. The van der Waals surface area contributed by atoms with Gasteiger partial charge < -0.3 is 9.69 Å². The molecule has 82 valence electrons. The van der Waals surface area contributed by atoms with Gasteiger partial charge in [0.25, 0.3) is 0 Å². The maximum atomic E-state index is 11.9. The van der Waals surface area contributed by atoms with E-state index in [9.17, 15) is 14.4 Å². The van der Waals surface area contributed by atoms with E-state index in [1.165, 1.54) is 11.9 Å². The van der Waals surface area contributed by atoms with Crippen molar-refractivity contribution in [2.75, 3.05) is 7.05 Å². The Morgan fingerprint density at radius 2 is 1.81 bits per heavy atom. The summed E-state index contributed by atoms with van der Waals surface area (Å²) in [6.45, 7) is 0. The van der Waals surface area contributed by atoms with Crippen molar-refractivity contribution in [3.63, 3.8) is 0 Å². The van der Waals surface area contributed by atoms with Gasteiger partial charge in [-0.15, -0.1) is 0 Å². The Balaban J connectivity index is 2.40. The van der Waals surface area contributed by atoms with Gasteiger partial charge in [-0.05, 0) is 5.56 Å². The summed E-state index contributed by atoms with van der Waals surface area (Å²) in [5.74, 6) is -1.47. The third-order valence-corrected chi connectivity index (χ3v) is 2.85. The molecule has 0 spiro atoms. The average molecular weight is 217 g/mol. The monoisotopic (exact) mass is 217 g/mol. The lowest BCUT2D eigenvalue weighted by Gasteiger charge is -2.11. The molecule has 0 N–H and O–H groups in total. The van der Waals surface area contributed by atoms with E-state index in [-0.39, 0.29) is 11.7 Å². The maximum absolute atomic E-state index is 11.9. The first-order valence-electron chi connectivity index (χ1n) is 4.97. The van der Waals surface area contributed by atoms with E-state index in [1.807, 2.05) is 6.07 Å². The molecular formula is C12H11NO3. The van der Waals surface area contributed by atoms with Crippen LogP contribution in [0.5, 0.6) is 0 Å². The first-order chi connectivity index (χ1) is 7.66. The number of ketones is 1. The largest absolute Gasteiger partial charge is 0.328 e. The summed E-state index contributed by atoms with van der Waals surface area (Å²) in [6.07, 6.45) is 0.517. The SMILES string of the molecule is CN1C(=O)C(c2ccccc2)C(=O)C1C=O. The molecule has 0 bridgehead atoms. The fourth-order valence-electron chi connectivity index (χ4n) is 1.93. The van der Waals surface area contributed by atoms with Crippen LogP contribution in [0.3, 0.4) is 0 Å². The van der Waals surface area contributed by atoms with Crippen LogP contribution < -0.4 is 0 Å². The summed E-state index contributed by atoms with van der Waals surface area (Å²) < 4.78 is 0. The van der Waals surface area contributed by atoms with Gasteiger partial charge in [0.15, 0.2) is 5.78 Å². The van der Waals surface area contributed by atoms with Gasteiger partial charge in [0.2, 0.25) is 5.91 Å². The van der Waals surface area contributed by atoms with Crippen molar-refractivity contribution in [2.24, 2.45) is 0 Å². The zero-order valence-electron chi connectivity index (χ0n) is 8.79. The van der Waals surface area contributed by atoms with E-state index in [0.29, 0.717) is 11.8 Å². The van der Waals surface area contributed by atoms with Gasteiger partial charge in [-0.1, -0.05) is 30.3 Å². The van der Waals surface area contributed by atoms with Crippen LogP contribution in [0.15, 0.2) is 30.3 Å². The molecule has 0 saturated carbocycles. The number of likely N-dealkylation sites (tertiary alicyclic amines) is 1. The van der Waals surface area contributed by atoms with E-state index in [2.05, 4.69) is 0 Å². The van der Waals surface area contributed by atoms with Crippen LogP contribution in [0.25, 0.3) is 0 Å². The predicted octanol–water partition coefficient (Wildman–Crippen LogP) is 0.379. The Morgan fingerprint density at radius 1 is 1.19 bits per heavy atom. The highest BCUT2D eigenvalue weighted by Crippen LogP contribution is 2.27. The van der Waals surface area contributed by atoms with Crippen molar-refractivity contribution in [2.45, 2.75) is 12.0 Å². The molecule has 1 aromatic rings. The molecule has 2 unspecified atom stereocenters. The van der Waals surface area contributed by atoms with Gasteiger partial charge in [0, 0.05) is 7.05 Å². The van der Waals surface area contributed by atoms with Crippen molar-refractivity contribution >= 4 is 18.0 Å². The molecule has 4 nitrogen and oxygen atoms in total. The van der Waals surface area contributed by atoms with Crippen LogP contribution in [0, 0.1) is 0 Å². The molecule has 4 heteroatoms. The van der Waals surface area contributed by atoms with Crippen molar-refractivity contribution in [1.29, 1.82) is 0 Å². The van der Waals surface area contributed by atoms with Gasteiger partial charge >= 0.3 is 0 Å². The number of carbonyl (C=O) groups excluding carboxylic acids is 3. The fourth-order valence-corrected chi connectivity index (χ4v) is 1.93. The highest BCUT2D eigenvalue weighted by molar-refractivity contribution is 6.20. The Hall–Kier alpha value is -1.97. The van der Waals surface area contributed by atoms with Crippen molar-refractivity contribution in [1.82, 2.24) is 4.90 Å². The fraction of sp³-hybridized carbons (Fsp3) is 0.250. The second-order valence-electron chi connectivity index (χ2n) is 3.78. The number of Topliss-reactive ketones (excluding diaryl/α,β-unsaturated/α-hetero) is 1. The quantitative estimate of drug-likeness (QED) is 0.531. The molecule has 0 aliphatic carbocycles. The predicted molar refractivity (Wildman–Crippen MR) is 56.8 cm³/mol.